The topological polar surface area (TPSA) is 76.4 Å². The van der Waals surface area contributed by atoms with Crippen LogP contribution in [0, 0.1) is 0 Å². The zero-order valence-electron chi connectivity index (χ0n) is 16.7. The Morgan fingerprint density at radius 1 is 1.14 bits per heavy atom. The van der Waals surface area contributed by atoms with E-state index in [4.69, 9.17) is 4.74 Å². The van der Waals surface area contributed by atoms with Crippen molar-refractivity contribution in [3.8, 4) is 0 Å². The Hall–Kier alpha value is -2.48. The maximum Gasteiger partial charge on any atom is 0.227 e. The van der Waals surface area contributed by atoms with Gasteiger partial charge in [0.25, 0.3) is 0 Å². The summed E-state index contributed by atoms with van der Waals surface area (Å²) in [6.07, 6.45) is 3.30. The number of carbonyl (C=O) groups excluding carboxylic acids is 1. The fourth-order valence-corrected chi connectivity index (χ4v) is 4.17. The highest BCUT2D eigenvalue weighted by molar-refractivity contribution is 5.97. The number of nitrogens with zero attached hydrogens (tertiary/aromatic N) is 6. The summed E-state index contributed by atoms with van der Waals surface area (Å²) in [7, 11) is 0. The molecular formula is C20H28N6O2. The van der Waals surface area contributed by atoms with E-state index in [1.54, 1.807) is 0 Å². The van der Waals surface area contributed by atoms with Crippen LogP contribution >= 0.6 is 0 Å². The number of tetrazole rings is 1. The second-order valence-electron chi connectivity index (χ2n) is 7.70. The smallest absolute Gasteiger partial charge is 0.227 e. The van der Waals surface area contributed by atoms with Gasteiger partial charge in [0, 0.05) is 37.4 Å². The van der Waals surface area contributed by atoms with E-state index in [1.807, 2.05) is 21.7 Å². The van der Waals surface area contributed by atoms with Gasteiger partial charge in [-0.25, -0.2) is 4.68 Å². The number of hydrogen-bond acceptors (Lipinski definition) is 6. The van der Waals surface area contributed by atoms with Crippen molar-refractivity contribution in [1.29, 1.82) is 0 Å². The maximum atomic E-state index is 12.8. The molecule has 150 valence electrons. The minimum atomic E-state index is -0.533. The van der Waals surface area contributed by atoms with Gasteiger partial charge in [0.1, 0.15) is 5.54 Å². The molecule has 28 heavy (non-hydrogen) atoms. The number of ether oxygens (including phenoxy) is 1. The van der Waals surface area contributed by atoms with E-state index in [1.165, 1.54) is 0 Å². The van der Waals surface area contributed by atoms with Gasteiger partial charge < -0.3 is 9.64 Å². The third kappa shape index (κ3) is 3.37. The van der Waals surface area contributed by atoms with E-state index < -0.39 is 5.54 Å². The van der Waals surface area contributed by atoms with E-state index >= 15 is 0 Å². The normalized spacial score (nSPS) is 22.9. The highest BCUT2D eigenvalue weighted by Gasteiger charge is 2.47. The van der Waals surface area contributed by atoms with Crippen LogP contribution in [0.15, 0.2) is 24.3 Å². The molecule has 8 heteroatoms. The molecule has 0 radical (unpaired) electrons. The molecule has 0 N–H and O–H groups in total. The summed E-state index contributed by atoms with van der Waals surface area (Å²) >= 11 is 0. The first-order chi connectivity index (χ1) is 13.6. The molecule has 0 spiro atoms. The summed E-state index contributed by atoms with van der Waals surface area (Å²) in [5, 5.41) is 12.4. The molecule has 2 fully saturated rings. The van der Waals surface area contributed by atoms with E-state index in [2.05, 4.69) is 46.4 Å². The predicted octanol–water partition coefficient (Wildman–Crippen LogP) is 2.35. The van der Waals surface area contributed by atoms with Crippen molar-refractivity contribution in [2.24, 2.45) is 0 Å². The number of aryl methyl sites for hydroxylation is 1. The summed E-state index contributed by atoms with van der Waals surface area (Å²) in [5.74, 6) is 0.885. The first kappa shape index (κ1) is 18.9. The number of amides is 1. The molecule has 2 aliphatic heterocycles. The number of morpholine rings is 1. The van der Waals surface area contributed by atoms with Gasteiger partial charge in [0.15, 0.2) is 5.82 Å². The number of hydrogen-bond donors (Lipinski definition) is 0. The van der Waals surface area contributed by atoms with Crippen LogP contribution in [0.25, 0.3) is 0 Å². The SMILES string of the molecule is CCCCn1nnnc1C1(C)CCC(=O)N1c1ccc(N2CCOCC2)cc1. The number of aromatic nitrogens is 4. The molecule has 8 nitrogen and oxygen atoms in total. The number of carbonyl (C=O) groups is 1. The lowest BCUT2D eigenvalue weighted by molar-refractivity contribution is -0.117. The van der Waals surface area contributed by atoms with Gasteiger partial charge in [-0.05, 0) is 54.5 Å². The van der Waals surface area contributed by atoms with Gasteiger partial charge in [-0.2, -0.15) is 0 Å². The minimum Gasteiger partial charge on any atom is -0.378 e. The van der Waals surface area contributed by atoms with Gasteiger partial charge in [-0.3, -0.25) is 9.69 Å². The summed E-state index contributed by atoms with van der Waals surface area (Å²) in [4.78, 5) is 17.0. The second-order valence-corrected chi connectivity index (χ2v) is 7.70. The molecule has 0 bridgehead atoms. The van der Waals surface area contributed by atoms with E-state index in [0.29, 0.717) is 12.8 Å². The number of anilines is 2. The lowest BCUT2D eigenvalue weighted by Gasteiger charge is -2.34. The molecule has 3 heterocycles. The van der Waals surface area contributed by atoms with Crippen molar-refractivity contribution in [1.82, 2.24) is 20.2 Å². The lowest BCUT2D eigenvalue weighted by atomic mass is 9.97. The number of benzene rings is 1. The van der Waals surface area contributed by atoms with Crippen LogP contribution in [0.5, 0.6) is 0 Å². The third-order valence-electron chi connectivity index (χ3n) is 5.79. The van der Waals surface area contributed by atoms with Crippen LogP contribution in [-0.4, -0.2) is 52.4 Å². The lowest BCUT2D eigenvalue weighted by Crippen LogP contribution is -2.43. The average molecular weight is 384 g/mol. The Balaban J connectivity index is 1.62. The molecule has 1 aromatic carbocycles. The third-order valence-corrected chi connectivity index (χ3v) is 5.79. The summed E-state index contributed by atoms with van der Waals surface area (Å²) in [5.41, 5.74) is 1.52. The highest BCUT2D eigenvalue weighted by atomic mass is 16.5. The van der Waals surface area contributed by atoms with Gasteiger partial charge in [0.05, 0.1) is 13.2 Å². The molecule has 2 aromatic rings. The Labute approximate surface area is 165 Å². The average Bonchev–Trinajstić information content (AvgIpc) is 3.32. The fourth-order valence-electron chi connectivity index (χ4n) is 4.17. The van der Waals surface area contributed by atoms with Gasteiger partial charge in [0.2, 0.25) is 5.91 Å². The predicted molar refractivity (Wildman–Crippen MR) is 106 cm³/mol. The van der Waals surface area contributed by atoms with E-state index in [-0.39, 0.29) is 5.91 Å². The molecule has 4 rings (SSSR count). The summed E-state index contributed by atoms with van der Waals surface area (Å²) in [6, 6.07) is 8.25. The Kier molecular flexibility index (Phi) is 5.30. The monoisotopic (exact) mass is 384 g/mol. The Bertz CT molecular complexity index is 814. The van der Waals surface area contributed by atoms with Crippen LogP contribution in [-0.2, 0) is 21.6 Å². The van der Waals surface area contributed by atoms with Crippen LogP contribution in [0.4, 0.5) is 11.4 Å². The van der Waals surface area contributed by atoms with Gasteiger partial charge >= 0.3 is 0 Å². The molecular weight excluding hydrogens is 356 g/mol. The molecule has 2 aliphatic rings. The standard InChI is InChI=1S/C20H28N6O2/c1-3-4-11-25-19(21-22-23-25)20(2)10-9-18(27)26(20)17-7-5-16(6-8-17)24-12-14-28-15-13-24/h5-8H,3-4,9-15H2,1-2H3. The Morgan fingerprint density at radius 3 is 2.57 bits per heavy atom. The minimum absolute atomic E-state index is 0.117. The zero-order valence-corrected chi connectivity index (χ0v) is 16.7. The largest absolute Gasteiger partial charge is 0.378 e. The van der Waals surface area contributed by atoms with Crippen LogP contribution in [0.2, 0.25) is 0 Å². The van der Waals surface area contributed by atoms with Gasteiger partial charge in [-0.1, -0.05) is 13.3 Å². The van der Waals surface area contributed by atoms with Crippen molar-refractivity contribution in [2.45, 2.75) is 51.6 Å². The number of rotatable bonds is 6. The summed E-state index contributed by atoms with van der Waals surface area (Å²) in [6.45, 7) is 8.29. The van der Waals surface area contributed by atoms with Crippen molar-refractivity contribution < 1.29 is 9.53 Å². The van der Waals surface area contributed by atoms with Crippen molar-refractivity contribution in [3.05, 3.63) is 30.1 Å². The van der Waals surface area contributed by atoms with Gasteiger partial charge in [-0.15, -0.1) is 5.10 Å². The van der Waals surface area contributed by atoms with Crippen molar-refractivity contribution in [3.63, 3.8) is 0 Å². The van der Waals surface area contributed by atoms with Crippen LogP contribution in [0.3, 0.4) is 0 Å². The molecule has 1 atom stereocenters. The van der Waals surface area contributed by atoms with Crippen LogP contribution in [0.1, 0.15) is 45.4 Å². The molecule has 0 aliphatic carbocycles. The fraction of sp³-hybridized carbons (Fsp3) is 0.600. The Morgan fingerprint density at radius 2 is 1.86 bits per heavy atom. The van der Waals surface area contributed by atoms with Crippen LogP contribution < -0.4 is 9.80 Å². The molecule has 1 unspecified atom stereocenters. The quantitative estimate of drug-likeness (QED) is 0.761. The zero-order chi connectivity index (χ0) is 19.6. The van der Waals surface area contributed by atoms with Crippen molar-refractivity contribution >= 4 is 17.3 Å². The summed E-state index contributed by atoms with van der Waals surface area (Å²) < 4.78 is 7.29. The highest BCUT2D eigenvalue weighted by Crippen LogP contribution is 2.41. The first-order valence-corrected chi connectivity index (χ1v) is 10.2. The first-order valence-electron chi connectivity index (χ1n) is 10.2. The van der Waals surface area contributed by atoms with Crippen molar-refractivity contribution in [2.75, 3.05) is 36.1 Å². The maximum absolute atomic E-state index is 12.8. The molecule has 0 saturated carbocycles. The molecule has 2 saturated heterocycles. The van der Waals surface area contributed by atoms with E-state index in [0.717, 1.165) is 62.9 Å². The second kappa shape index (κ2) is 7.87. The van der Waals surface area contributed by atoms with E-state index in [9.17, 15) is 4.79 Å². The molecule has 1 amide bonds. The molecule has 1 aromatic heterocycles. The number of unbranched alkanes of at least 4 members (excludes halogenated alkanes) is 1.